The molecular weight excluding hydrogens is 396 g/mol. The molecule has 1 aliphatic heterocycles. The van der Waals surface area contributed by atoms with Crippen LogP contribution in [0.15, 0.2) is 60.3 Å². The monoisotopic (exact) mass is 420 g/mol. The van der Waals surface area contributed by atoms with Crippen LogP contribution in [0.2, 0.25) is 0 Å². The fraction of sp³-hybridized carbons (Fsp3) is 0.250. The first-order valence-electron chi connectivity index (χ1n) is 10.1. The molecule has 0 saturated carbocycles. The van der Waals surface area contributed by atoms with Gasteiger partial charge < -0.3 is 24.5 Å². The van der Waals surface area contributed by atoms with Crippen LogP contribution < -0.4 is 4.74 Å². The number of fused-ring (bicyclic) bond motifs is 1. The molecule has 7 nitrogen and oxygen atoms in total. The van der Waals surface area contributed by atoms with Crippen molar-refractivity contribution in [2.45, 2.75) is 13.0 Å². The Morgan fingerprint density at radius 2 is 1.97 bits per heavy atom. The number of aliphatic hydroxyl groups is 1. The summed E-state index contributed by atoms with van der Waals surface area (Å²) in [7, 11) is 1.54. The Labute approximate surface area is 179 Å². The molecule has 1 atom stereocenters. The maximum Gasteiger partial charge on any atom is 0.295 e. The van der Waals surface area contributed by atoms with Crippen molar-refractivity contribution >= 4 is 28.4 Å². The number of nitrogens with one attached hydrogen (secondary N) is 1. The SMILES string of the molecule is CCOc1cccc(/C(O)=C2\C(=O)C(=O)N(CCOC)C2c2c[nH]c3ccccc23)c1. The van der Waals surface area contributed by atoms with Gasteiger partial charge in [0, 0.05) is 41.9 Å². The van der Waals surface area contributed by atoms with Crippen LogP contribution in [0.25, 0.3) is 16.7 Å². The van der Waals surface area contributed by atoms with Gasteiger partial charge in [-0.3, -0.25) is 9.59 Å². The van der Waals surface area contributed by atoms with E-state index in [1.54, 1.807) is 30.5 Å². The average Bonchev–Trinajstić information content (AvgIpc) is 3.31. The number of ketones is 1. The van der Waals surface area contributed by atoms with Gasteiger partial charge in [-0.1, -0.05) is 30.3 Å². The van der Waals surface area contributed by atoms with Crippen molar-refractivity contribution in [3.63, 3.8) is 0 Å². The zero-order valence-corrected chi connectivity index (χ0v) is 17.4. The molecule has 2 aromatic carbocycles. The van der Waals surface area contributed by atoms with E-state index < -0.39 is 17.7 Å². The molecule has 0 radical (unpaired) electrons. The first-order chi connectivity index (χ1) is 15.1. The quantitative estimate of drug-likeness (QED) is 0.346. The number of methoxy groups -OCH3 is 1. The summed E-state index contributed by atoms with van der Waals surface area (Å²) in [5, 5.41) is 12.0. The number of carbonyl (C=O) groups is 2. The van der Waals surface area contributed by atoms with E-state index >= 15 is 0 Å². The van der Waals surface area contributed by atoms with E-state index in [9.17, 15) is 14.7 Å². The number of H-pyrrole nitrogens is 1. The van der Waals surface area contributed by atoms with E-state index in [0.29, 0.717) is 17.9 Å². The maximum atomic E-state index is 13.1. The van der Waals surface area contributed by atoms with E-state index in [1.165, 1.54) is 12.0 Å². The van der Waals surface area contributed by atoms with E-state index in [2.05, 4.69) is 4.98 Å². The third-order valence-electron chi connectivity index (χ3n) is 5.41. The van der Waals surface area contributed by atoms with Gasteiger partial charge in [-0.2, -0.15) is 0 Å². The molecule has 1 aromatic heterocycles. The lowest BCUT2D eigenvalue weighted by atomic mass is 9.95. The zero-order chi connectivity index (χ0) is 22.0. The lowest BCUT2D eigenvalue weighted by molar-refractivity contribution is -0.140. The minimum absolute atomic E-state index is 0.0551. The normalized spacial score (nSPS) is 18.1. The van der Waals surface area contributed by atoms with Crippen LogP contribution in [0.5, 0.6) is 5.75 Å². The fourth-order valence-electron chi connectivity index (χ4n) is 4.00. The number of aliphatic hydroxyl groups excluding tert-OH is 1. The third-order valence-corrected chi connectivity index (χ3v) is 5.41. The summed E-state index contributed by atoms with van der Waals surface area (Å²) in [6.45, 7) is 2.83. The van der Waals surface area contributed by atoms with Crippen LogP contribution in [-0.4, -0.2) is 53.5 Å². The van der Waals surface area contributed by atoms with Crippen LogP contribution in [0, 0.1) is 0 Å². The Bertz CT molecular complexity index is 1160. The number of aromatic nitrogens is 1. The Hall–Kier alpha value is -3.58. The molecule has 1 saturated heterocycles. The van der Waals surface area contributed by atoms with Crippen molar-refractivity contribution in [3.05, 3.63) is 71.4 Å². The topological polar surface area (TPSA) is 91.9 Å². The first kappa shape index (κ1) is 20.7. The summed E-state index contributed by atoms with van der Waals surface area (Å²) < 4.78 is 10.7. The summed E-state index contributed by atoms with van der Waals surface area (Å²) in [4.78, 5) is 30.6. The molecule has 0 aliphatic carbocycles. The number of benzene rings is 2. The molecule has 2 N–H and O–H groups in total. The molecule has 3 aromatic rings. The van der Waals surface area contributed by atoms with Gasteiger partial charge in [-0.15, -0.1) is 0 Å². The molecule has 1 fully saturated rings. The van der Waals surface area contributed by atoms with Crippen LogP contribution in [0.3, 0.4) is 0 Å². The van der Waals surface area contributed by atoms with Gasteiger partial charge in [0.2, 0.25) is 0 Å². The number of ether oxygens (including phenoxy) is 2. The largest absolute Gasteiger partial charge is 0.507 e. The summed E-state index contributed by atoms with van der Waals surface area (Å²) in [6.07, 6.45) is 1.78. The molecule has 4 rings (SSSR count). The number of hydrogen-bond acceptors (Lipinski definition) is 5. The fourth-order valence-corrected chi connectivity index (χ4v) is 4.00. The highest BCUT2D eigenvalue weighted by Crippen LogP contribution is 2.42. The number of aromatic amines is 1. The Balaban J connectivity index is 1.89. The molecule has 160 valence electrons. The predicted octanol–water partition coefficient (Wildman–Crippen LogP) is 3.63. The Kier molecular flexibility index (Phi) is 5.77. The van der Waals surface area contributed by atoms with Gasteiger partial charge in [0.15, 0.2) is 0 Å². The molecule has 1 aliphatic rings. The highest BCUT2D eigenvalue weighted by Gasteiger charge is 2.46. The van der Waals surface area contributed by atoms with E-state index in [-0.39, 0.29) is 24.5 Å². The van der Waals surface area contributed by atoms with Crippen LogP contribution in [0.1, 0.15) is 24.1 Å². The molecular formula is C24H24N2O5. The van der Waals surface area contributed by atoms with Crippen molar-refractivity contribution in [1.82, 2.24) is 9.88 Å². The van der Waals surface area contributed by atoms with Crippen molar-refractivity contribution in [3.8, 4) is 5.75 Å². The third kappa shape index (κ3) is 3.68. The van der Waals surface area contributed by atoms with Gasteiger partial charge in [-0.25, -0.2) is 0 Å². The second-order valence-electron chi connectivity index (χ2n) is 7.24. The van der Waals surface area contributed by atoms with Crippen molar-refractivity contribution in [2.24, 2.45) is 0 Å². The number of likely N-dealkylation sites (tertiary alicyclic amines) is 1. The minimum Gasteiger partial charge on any atom is -0.507 e. The average molecular weight is 420 g/mol. The number of amides is 1. The van der Waals surface area contributed by atoms with E-state index in [1.807, 2.05) is 31.2 Å². The summed E-state index contributed by atoms with van der Waals surface area (Å²) in [5.74, 6) is -1.03. The van der Waals surface area contributed by atoms with Gasteiger partial charge in [0.05, 0.1) is 24.8 Å². The van der Waals surface area contributed by atoms with Crippen molar-refractivity contribution in [2.75, 3.05) is 26.9 Å². The van der Waals surface area contributed by atoms with Crippen molar-refractivity contribution in [1.29, 1.82) is 0 Å². The second kappa shape index (κ2) is 8.65. The zero-order valence-electron chi connectivity index (χ0n) is 17.4. The van der Waals surface area contributed by atoms with Gasteiger partial charge in [0.25, 0.3) is 11.7 Å². The van der Waals surface area contributed by atoms with Gasteiger partial charge >= 0.3 is 0 Å². The second-order valence-corrected chi connectivity index (χ2v) is 7.24. The Morgan fingerprint density at radius 3 is 2.74 bits per heavy atom. The smallest absolute Gasteiger partial charge is 0.295 e. The van der Waals surface area contributed by atoms with Crippen molar-refractivity contribution < 1.29 is 24.2 Å². The highest BCUT2D eigenvalue weighted by atomic mass is 16.5. The highest BCUT2D eigenvalue weighted by molar-refractivity contribution is 6.46. The minimum atomic E-state index is -0.734. The number of carbonyl (C=O) groups excluding carboxylic acids is 2. The standard InChI is InChI=1S/C24H24N2O5/c1-3-31-16-8-6-7-15(13-16)22(27)20-21(26(11-12-30-2)24(29)23(20)28)18-14-25-19-10-5-4-9-17(18)19/h4-10,13-14,21,25,27H,3,11-12H2,1-2H3/b22-20+. The van der Waals surface area contributed by atoms with Gasteiger partial charge in [0.1, 0.15) is 11.5 Å². The molecule has 0 bridgehead atoms. The molecule has 7 heteroatoms. The number of para-hydroxylation sites is 1. The van der Waals surface area contributed by atoms with Crippen LogP contribution in [0.4, 0.5) is 0 Å². The summed E-state index contributed by atoms with van der Waals surface area (Å²) in [6, 6.07) is 13.8. The molecule has 1 unspecified atom stereocenters. The maximum absolute atomic E-state index is 13.1. The predicted molar refractivity (Wildman–Crippen MR) is 117 cm³/mol. The summed E-state index contributed by atoms with van der Waals surface area (Å²) in [5.41, 5.74) is 2.10. The number of Topliss-reactive ketones (excluding diaryl/α,β-unsaturated/α-hetero) is 1. The lowest BCUT2D eigenvalue weighted by Gasteiger charge is -2.24. The number of rotatable bonds is 7. The first-order valence-corrected chi connectivity index (χ1v) is 10.1. The molecule has 0 spiro atoms. The van der Waals surface area contributed by atoms with Crippen LogP contribution >= 0.6 is 0 Å². The van der Waals surface area contributed by atoms with E-state index in [4.69, 9.17) is 9.47 Å². The van der Waals surface area contributed by atoms with Crippen LogP contribution in [-0.2, 0) is 14.3 Å². The molecule has 1 amide bonds. The number of hydrogen-bond donors (Lipinski definition) is 2. The number of nitrogens with zero attached hydrogens (tertiary/aromatic N) is 1. The van der Waals surface area contributed by atoms with E-state index in [0.717, 1.165) is 16.5 Å². The molecule has 2 heterocycles. The molecule has 31 heavy (non-hydrogen) atoms. The summed E-state index contributed by atoms with van der Waals surface area (Å²) >= 11 is 0. The lowest BCUT2D eigenvalue weighted by Crippen LogP contribution is -2.32. The Morgan fingerprint density at radius 1 is 1.16 bits per heavy atom. The van der Waals surface area contributed by atoms with Gasteiger partial charge in [-0.05, 0) is 25.1 Å².